The van der Waals surface area contributed by atoms with Gasteiger partial charge >= 0.3 is 0 Å². The van der Waals surface area contributed by atoms with Gasteiger partial charge in [-0.2, -0.15) is 9.37 Å². The molecule has 110 valence electrons. The number of nitro groups is 1. The minimum Gasteiger partial charge on any atom is -0.436 e. The molecule has 1 aromatic heterocycles. The Morgan fingerprint density at radius 3 is 2.71 bits per heavy atom. The highest BCUT2D eigenvalue weighted by molar-refractivity contribution is 5.50. The summed E-state index contributed by atoms with van der Waals surface area (Å²) < 4.78 is 18.9. The third-order valence-electron chi connectivity index (χ3n) is 2.74. The van der Waals surface area contributed by atoms with Crippen molar-refractivity contribution in [3.63, 3.8) is 0 Å². The Morgan fingerprint density at radius 1 is 1.38 bits per heavy atom. The quantitative estimate of drug-likeness (QED) is 0.504. The first-order valence-corrected chi connectivity index (χ1v) is 5.85. The van der Waals surface area contributed by atoms with E-state index in [2.05, 4.69) is 15.4 Å². The molecule has 0 saturated heterocycles. The molecule has 0 saturated carbocycles. The number of nitrogens with one attached hydrogen (secondary N) is 1. The van der Waals surface area contributed by atoms with Crippen LogP contribution in [0.3, 0.4) is 0 Å². The number of nitrogen functional groups attached to an aromatic ring is 1. The Morgan fingerprint density at radius 2 is 2.10 bits per heavy atom. The SMILES string of the molecule is Cc1cc(C)c([N+](=O)[O-])cc1Oc1nc(NN)ncc1F. The zero-order chi connectivity index (χ0) is 15.6. The van der Waals surface area contributed by atoms with E-state index in [0.717, 1.165) is 6.20 Å². The molecular formula is C12H12FN5O3. The summed E-state index contributed by atoms with van der Waals surface area (Å²) in [5.41, 5.74) is 3.13. The maximum Gasteiger partial charge on any atom is 0.276 e. The van der Waals surface area contributed by atoms with Crippen molar-refractivity contribution in [3.8, 4) is 11.6 Å². The molecule has 0 fully saturated rings. The van der Waals surface area contributed by atoms with E-state index in [9.17, 15) is 14.5 Å². The summed E-state index contributed by atoms with van der Waals surface area (Å²) in [6, 6.07) is 2.80. The van der Waals surface area contributed by atoms with E-state index < -0.39 is 10.7 Å². The normalized spacial score (nSPS) is 10.3. The van der Waals surface area contributed by atoms with Crippen LogP contribution in [0.25, 0.3) is 0 Å². The first kappa shape index (κ1) is 14.6. The number of nitro benzene ring substituents is 1. The second-order valence-electron chi connectivity index (χ2n) is 4.25. The zero-order valence-electron chi connectivity index (χ0n) is 11.3. The average Bonchev–Trinajstić information content (AvgIpc) is 2.43. The van der Waals surface area contributed by atoms with E-state index in [1.165, 1.54) is 6.07 Å². The van der Waals surface area contributed by atoms with Gasteiger partial charge in [-0.3, -0.25) is 15.5 Å². The molecule has 21 heavy (non-hydrogen) atoms. The highest BCUT2D eigenvalue weighted by atomic mass is 19.1. The maximum absolute atomic E-state index is 13.6. The Kier molecular flexibility index (Phi) is 3.94. The number of hydrazine groups is 1. The summed E-state index contributed by atoms with van der Waals surface area (Å²) in [6.45, 7) is 3.30. The standard InChI is InChI=1S/C12H12FN5O3/c1-6-3-7(2)10(4-9(6)18(19)20)21-11-8(13)5-15-12(16-11)17-14/h3-5H,14H2,1-2H3,(H,15,16,17). The number of hydrogen-bond donors (Lipinski definition) is 2. The summed E-state index contributed by atoms with van der Waals surface area (Å²) >= 11 is 0. The molecule has 0 aliphatic rings. The topological polar surface area (TPSA) is 116 Å². The fourth-order valence-corrected chi connectivity index (χ4v) is 1.73. The van der Waals surface area contributed by atoms with Gasteiger partial charge in [-0.05, 0) is 25.5 Å². The van der Waals surface area contributed by atoms with Crippen LogP contribution in [0, 0.1) is 29.8 Å². The van der Waals surface area contributed by atoms with Crippen LogP contribution in [0.5, 0.6) is 11.6 Å². The summed E-state index contributed by atoms with van der Waals surface area (Å²) in [4.78, 5) is 17.7. The smallest absolute Gasteiger partial charge is 0.276 e. The van der Waals surface area contributed by atoms with Gasteiger partial charge in [0.05, 0.1) is 17.2 Å². The molecule has 8 nitrogen and oxygen atoms in total. The highest BCUT2D eigenvalue weighted by Crippen LogP contribution is 2.31. The number of halogens is 1. The van der Waals surface area contributed by atoms with Crippen LogP contribution in [-0.4, -0.2) is 14.9 Å². The maximum atomic E-state index is 13.6. The lowest BCUT2D eigenvalue weighted by Gasteiger charge is -2.10. The second-order valence-corrected chi connectivity index (χ2v) is 4.25. The number of ether oxygens (including phenoxy) is 1. The molecule has 1 heterocycles. The first-order chi connectivity index (χ1) is 9.92. The van der Waals surface area contributed by atoms with Crippen molar-refractivity contribution in [1.29, 1.82) is 0 Å². The van der Waals surface area contributed by atoms with E-state index in [4.69, 9.17) is 10.6 Å². The number of nitrogens with two attached hydrogens (primary N) is 1. The van der Waals surface area contributed by atoms with E-state index in [1.54, 1.807) is 19.9 Å². The summed E-state index contributed by atoms with van der Waals surface area (Å²) in [5, 5.41) is 10.9. The van der Waals surface area contributed by atoms with Crippen LogP contribution in [0.1, 0.15) is 11.1 Å². The Bertz CT molecular complexity index is 708. The number of aromatic nitrogens is 2. The number of benzene rings is 1. The predicted molar refractivity (Wildman–Crippen MR) is 72.4 cm³/mol. The van der Waals surface area contributed by atoms with Gasteiger partial charge in [0, 0.05) is 5.56 Å². The van der Waals surface area contributed by atoms with Crippen molar-refractivity contribution < 1.29 is 14.1 Å². The van der Waals surface area contributed by atoms with Gasteiger partial charge in [0.2, 0.25) is 11.8 Å². The molecule has 1 aromatic carbocycles. The largest absolute Gasteiger partial charge is 0.436 e. The van der Waals surface area contributed by atoms with Crippen LogP contribution in [-0.2, 0) is 0 Å². The number of aryl methyl sites for hydroxylation is 2. The molecule has 0 aliphatic carbocycles. The van der Waals surface area contributed by atoms with Gasteiger partial charge in [0.1, 0.15) is 5.75 Å². The Labute approximate surface area is 118 Å². The first-order valence-electron chi connectivity index (χ1n) is 5.85. The fourth-order valence-electron chi connectivity index (χ4n) is 1.73. The van der Waals surface area contributed by atoms with Crippen molar-refractivity contribution in [2.24, 2.45) is 5.84 Å². The second kappa shape index (κ2) is 5.67. The van der Waals surface area contributed by atoms with Crippen LogP contribution in [0.2, 0.25) is 0 Å². The van der Waals surface area contributed by atoms with Crippen molar-refractivity contribution in [1.82, 2.24) is 9.97 Å². The molecule has 0 amide bonds. The van der Waals surface area contributed by atoms with E-state index in [0.29, 0.717) is 11.1 Å². The lowest BCUT2D eigenvalue weighted by atomic mass is 10.1. The van der Waals surface area contributed by atoms with Crippen LogP contribution in [0.4, 0.5) is 16.0 Å². The van der Waals surface area contributed by atoms with E-state index in [1.807, 2.05) is 0 Å². The molecule has 3 N–H and O–H groups in total. The van der Waals surface area contributed by atoms with Crippen molar-refractivity contribution in [3.05, 3.63) is 45.4 Å². The van der Waals surface area contributed by atoms with Gasteiger partial charge in [0.25, 0.3) is 11.6 Å². The lowest BCUT2D eigenvalue weighted by molar-refractivity contribution is -0.385. The van der Waals surface area contributed by atoms with E-state index in [-0.39, 0.29) is 23.3 Å². The Balaban J connectivity index is 2.44. The van der Waals surface area contributed by atoms with Gasteiger partial charge in [-0.25, -0.2) is 10.8 Å². The number of hydrogen-bond acceptors (Lipinski definition) is 7. The molecule has 0 bridgehead atoms. The monoisotopic (exact) mass is 293 g/mol. The molecule has 0 spiro atoms. The van der Waals surface area contributed by atoms with Gasteiger partial charge < -0.3 is 4.74 Å². The average molecular weight is 293 g/mol. The zero-order valence-corrected chi connectivity index (χ0v) is 11.3. The summed E-state index contributed by atoms with van der Waals surface area (Å²) in [5.74, 6) is 4.04. The van der Waals surface area contributed by atoms with Crippen molar-refractivity contribution in [2.75, 3.05) is 5.43 Å². The molecule has 0 aliphatic heterocycles. The summed E-state index contributed by atoms with van der Waals surface area (Å²) in [7, 11) is 0. The fraction of sp³-hybridized carbons (Fsp3) is 0.167. The molecule has 2 rings (SSSR count). The third kappa shape index (κ3) is 3.03. The number of nitrogens with zero attached hydrogens (tertiary/aromatic N) is 3. The van der Waals surface area contributed by atoms with Crippen LogP contribution in [0.15, 0.2) is 18.3 Å². The van der Waals surface area contributed by atoms with E-state index >= 15 is 0 Å². The van der Waals surface area contributed by atoms with Gasteiger partial charge in [-0.15, -0.1) is 0 Å². The molecule has 9 heteroatoms. The number of rotatable bonds is 4. The summed E-state index contributed by atoms with van der Waals surface area (Å²) in [6.07, 6.45) is 0.884. The molecule has 0 radical (unpaired) electrons. The van der Waals surface area contributed by atoms with Crippen molar-refractivity contribution in [2.45, 2.75) is 13.8 Å². The molecule has 2 aromatic rings. The number of anilines is 1. The van der Waals surface area contributed by atoms with Gasteiger partial charge in [-0.1, -0.05) is 0 Å². The third-order valence-corrected chi connectivity index (χ3v) is 2.74. The molecule has 0 unspecified atom stereocenters. The van der Waals surface area contributed by atoms with Crippen LogP contribution >= 0.6 is 0 Å². The van der Waals surface area contributed by atoms with Gasteiger partial charge in [0.15, 0.2) is 0 Å². The highest BCUT2D eigenvalue weighted by Gasteiger charge is 2.17. The Hall–Kier alpha value is -2.81. The van der Waals surface area contributed by atoms with Crippen molar-refractivity contribution >= 4 is 11.6 Å². The van der Waals surface area contributed by atoms with Crippen LogP contribution < -0.4 is 16.0 Å². The molecular weight excluding hydrogens is 281 g/mol. The lowest BCUT2D eigenvalue weighted by Crippen LogP contribution is -2.11. The predicted octanol–water partition coefficient (Wildman–Crippen LogP) is 2.22. The minimum absolute atomic E-state index is 0.0364. The molecule has 0 atom stereocenters. The minimum atomic E-state index is -0.809.